The zero-order chi connectivity index (χ0) is 18.5. The topological polar surface area (TPSA) is 31.4 Å². The Morgan fingerprint density at radius 2 is 1.41 bits per heavy atom. The van der Waals surface area contributed by atoms with Crippen molar-refractivity contribution in [2.45, 2.75) is 19.8 Å². The van der Waals surface area contributed by atoms with Crippen LogP contribution in [-0.4, -0.2) is 60.6 Å². The van der Waals surface area contributed by atoms with E-state index in [0.717, 1.165) is 17.6 Å². The molecular formula is C23H30N4. The number of hydrogen-bond donors (Lipinski definition) is 1. The molecule has 1 saturated heterocycles. The van der Waals surface area contributed by atoms with Gasteiger partial charge in [0.05, 0.1) is 16.7 Å². The summed E-state index contributed by atoms with van der Waals surface area (Å²) in [5.74, 6) is 0. The third kappa shape index (κ3) is 4.23. The molecular weight excluding hydrogens is 332 g/mol. The van der Waals surface area contributed by atoms with Gasteiger partial charge in [-0.25, -0.2) is 4.98 Å². The molecule has 0 saturated carbocycles. The number of para-hydroxylation sites is 2. The molecule has 0 amide bonds. The third-order valence-corrected chi connectivity index (χ3v) is 5.70. The third-order valence-electron chi connectivity index (χ3n) is 5.70. The molecule has 0 bridgehead atoms. The molecule has 4 heteroatoms. The first kappa shape index (κ1) is 18.2. The largest absolute Gasteiger partial charge is 0.384 e. The highest BCUT2D eigenvalue weighted by Crippen LogP contribution is 2.30. The van der Waals surface area contributed by atoms with Gasteiger partial charge in [0.15, 0.2) is 0 Å². The molecule has 2 heterocycles. The van der Waals surface area contributed by atoms with E-state index in [1.165, 1.54) is 68.6 Å². The summed E-state index contributed by atoms with van der Waals surface area (Å²) in [6, 6.07) is 16.9. The molecule has 0 aliphatic carbocycles. The first-order valence-corrected chi connectivity index (χ1v) is 10.3. The maximum Gasteiger partial charge on any atom is 0.0730 e. The first-order chi connectivity index (χ1) is 13.3. The molecule has 2 aromatic carbocycles. The van der Waals surface area contributed by atoms with Gasteiger partial charge in [-0.1, -0.05) is 43.3 Å². The average Bonchev–Trinajstić information content (AvgIpc) is 2.73. The summed E-state index contributed by atoms with van der Waals surface area (Å²) in [4.78, 5) is 9.96. The lowest BCUT2D eigenvalue weighted by molar-refractivity contribution is 0.136. The molecule has 0 spiro atoms. The van der Waals surface area contributed by atoms with Crippen molar-refractivity contribution < 1.29 is 0 Å². The van der Waals surface area contributed by atoms with E-state index in [2.05, 4.69) is 70.6 Å². The number of rotatable bonds is 7. The highest BCUT2D eigenvalue weighted by Gasteiger charge is 2.14. The van der Waals surface area contributed by atoms with Crippen LogP contribution in [0.15, 0.2) is 48.5 Å². The van der Waals surface area contributed by atoms with Crippen LogP contribution in [0.2, 0.25) is 0 Å². The van der Waals surface area contributed by atoms with Gasteiger partial charge < -0.3 is 15.1 Å². The lowest BCUT2D eigenvalue weighted by Crippen LogP contribution is -2.46. The number of fused-ring (bicyclic) bond motifs is 2. The van der Waals surface area contributed by atoms with Gasteiger partial charge in [0.25, 0.3) is 0 Å². The van der Waals surface area contributed by atoms with Crippen LogP contribution in [0, 0.1) is 0 Å². The van der Waals surface area contributed by atoms with E-state index in [1.807, 2.05) is 0 Å². The summed E-state index contributed by atoms with van der Waals surface area (Å²) in [6.45, 7) is 10.6. The van der Waals surface area contributed by atoms with E-state index in [4.69, 9.17) is 4.98 Å². The van der Waals surface area contributed by atoms with E-state index < -0.39 is 0 Å². The normalized spacial score (nSPS) is 16.2. The number of pyridine rings is 1. The van der Waals surface area contributed by atoms with Crippen molar-refractivity contribution in [1.29, 1.82) is 0 Å². The van der Waals surface area contributed by atoms with Crippen LogP contribution in [0.3, 0.4) is 0 Å². The lowest BCUT2D eigenvalue weighted by Gasteiger charge is -2.34. The minimum Gasteiger partial charge on any atom is -0.384 e. The zero-order valence-corrected chi connectivity index (χ0v) is 16.3. The second kappa shape index (κ2) is 8.68. The van der Waals surface area contributed by atoms with Crippen molar-refractivity contribution in [3.05, 3.63) is 48.5 Å². The van der Waals surface area contributed by atoms with Crippen molar-refractivity contribution in [2.75, 3.05) is 51.1 Å². The van der Waals surface area contributed by atoms with E-state index in [-0.39, 0.29) is 0 Å². The van der Waals surface area contributed by atoms with E-state index in [0.29, 0.717) is 0 Å². The highest BCUT2D eigenvalue weighted by molar-refractivity contribution is 6.07. The average molecular weight is 363 g/mol. The number of anilines is 1. The Balaban J connectivity index is 1.36. The molecule has 1 fully saturated rings. The minimum atomic E-state index is 1.01. The summed E-state index contributed by atoms with van der Waals surface area (Å²) in [5.41, 5.74) is 3.35. The molecule has 142 valence electrons. The zero-order valence-electron chi connectivity index (χ0n) is 16.3. The fraction of sp³-hybridized carbons (Fsp3) is 0.435. The van der Waals surface area contributed by atoms with Crippen molar-refractivity contribution in [2.24, 2.45) is 0 Å². The Hall–Kier alpha value is -2.17. The number of benzene rings is 2. The van der Waals surface area contributed by atoms with Gasteiger partial charge in [-0.2, -0.15) is 0 Å². The monoisotopic (exact) mass is 362 g/mol. The van der Waals surface area contributed by atoms with Gasteiger partial charge in [-0.15, -0.1) is 0 Å². The molecule has 0 unspecified atom stereocenters. The molecule has 4 nitrogen and oxygen atoms in total. The van der Waals surface area contributed by atoms with E-state index in [1.54, 1.807) is 0 Å². The predicted octanol–water partition coefficient (Wildman–Crippen LogP) is 4.22. The van der Waals surface area contributed by atoms with Crippen LogP contribution in [0.5, 0.6) is 0 Å². The number of aromatic nitrogens is 1. The van der Waals surface area contributed by atoms with Gasteiger partial charge in [-0.05, 0) is 38.1 Å². The van der Waals surface area contributed by atoms with Crippen LogP contribution in [0.25, 0.3) is 21.8 Å². The summed E-state index contributed by atoms with van der Waals surface area (Å²) < 4.78 is 0. The van der Waals surface area contributed by atoms with Crippen LogP contribution in [0.1, 0.15) is 19.8 Å². The van der Waals surface area contributed by atoms with E-state index >= 15 is 0 Å². The van der Waals surface area contributed by atoms with Crippen molar-refractivity contribution in [1.82, 2.24) is 14.8 Å². The second-order valence-corrected chi connectivity index (χ2v) is 7.43. The quantitative estimate of drug-likeness (QED) is 0.504. The Kier molecular flexibility index (Phi) is 5.85. The molecule has 1 N–H and O–H groups in total. The standard InChI is InChI=1S/C23H30N4/c1-2-26-15-17-27(18-16-26)14-8-7-13-24-23-19-9-3-5-11-21(19)25-22-12-6-4-10-20(22)23/h3-6,9-12H,2,7-8,13-18H2,1H3,(H,24,25). The van der Waals surface area contributed by atoms with Gasteiger partial charge in [0.2, 0.25) is 0 Å². The molecule has 0 radical (unpaired) electrons. The SMILES string of the molecule is CCN1CCN(CCCCNc2c3ccccc3nc3ccccc23)CC1. The number of piperazine rings is 1. The first-order valence-electron chi connectivity index (χ1n) is 10.3. The fourth-order valence-electron chi connectivity index (χ4n) is 4.03. The number of unbranched alkanes of at least 4 members (excludes halogenated alkanes) is 1. The van der Waals surface area contributed by atoms with Gasteiger partial charge >= 0.3 is 0 Å². The molecule has 1 aliphatic rings. The maximum absolute atomic E-state index is 4.81. The Bertz CT molecular complexity index is 830. The fourth-order valence-corrected chi connectivity index (χ4v) is 4.03. The van der Waals surface area contributed by atoms with Crippen LogP contribution < -0.4 is 5.32 Å². The van der Waals surface area contributed by atoms with Gasteiger partial charge in [0.1, 0.15) is 0 Å². The van der Waals surface area contributed by atoms with Crippen LogP contribution in [-0.2, 0) is 0 Å². The molecule has 3 aromatic rings. The Morgan fingerprint density at radius 1 is 0.815 bits per heavy atom. The lowest BCUT2D eigenvalue weighted by atomic mass is 10.1. The van der Waals surface area contributed by atoms with Crippen LogP contribution >= 0.6 is 0 Å². The van der Waals surface area contributed by atoms with Crippen molar-refractivity contribution in [3.8, 4) is 0 Å². The molecule has 1 aliphatic heterocycles. The summed E-state index contributed by atoms with van der Waals surface area (Å²) in [5, 5.41) is 6.15. The number of nitrogens with zero attached hydrogens (tertiary/aromatic N) is 3. The molecule has 4 rings (SSSR count). The van der Waals surface area contributed by atoms with Crippen molar-refractivity contribution in [3.63, 3.8) is 0 Å². The second-order valence-electron chi connectivity index (χ2n) is 7.43. The number of nitrogens with one attached hydrogen (secondary N) is 1. The van der Waals surface area contributed by atoms with E-state index in [9.17, 15) is 0 Å². The maximum atomic E-state index is 4.81. The number of likely N-dealkylation sites (N-methyl/N-ethyl adjacent to an activating group) is 1. The molecule has 27 heavy (non-hydrogen) atoms. The van der Waals surface area contributed by atoms with Gasteiger partial charge in [0, 0.05) is 43.5 Å². The Morgan fingerprint density at radius 3 is 2.04 bits per heavy atom. The van der Waals surface area contributed by atoms with Crippen LogP contribution in [0.4, 0.5) is 5.69 Å². The Labute approximate surface area is 162 Å². The molecule has 1 aromatic heterocycles. The van der Waals surface area contributed by atoms with Crippen molar-refractivity contribution >= 4 is 27.5 Å². The summed E-state index contributed by atoms with van der Waals surface area (Å²) >= 11 is 0. The smallest absolute Gasteiger partial charge is 0.0730 e. The highest BCUT2D eigenvalue weighted by atomic mass is 15.3. The minimum absolute atomic E-state index is 1.01. The predicted molar refractivity (Wildman–Crippen MR) is 116 cm³/mol. The summed E-state index contributed by atoms with van der Waals surface area (Å²) in [7, 11) is 0. The summed E-state index contributed by atoms with van der Waals surface area (Å²) in [6.07, 6.45) is 2.44. The molecule has 0 atom stereocenters. The number of hydrogen-bond acceptors (Lipinski definition) is 4. The van der Waals surface area contributed by atoms with Gasteiger partial charge in [-0.3, -0.25) is 0 Å².